The summed E-state index contributed by atoms with van der Waals surface area (Å²) in [4.78, 5) is 5.65. The summed E-state index contributed by atoms with van der Waals surface area (Å²) in [5.41, 5.74) is 0.717. The molecule has 0 aromatic heterocycles. The van der Waals surface area contributed by atoms with Gasteiger partial charge in [-0.25, -0.2) is 4.99 Å². The van der Waals surface area contributed by atoms with E-state index in [9.17, 15) is 5.11 Å². The molecule has 0 amide bonds. The van der Waals surface area contributed by atoms with Gasteiger partial charge in [0.05, 0.1) is 22.7 Å². The van der Waals surface area contributed by atoms with Crippen molar-refractivity contribution in [2.75, 3.05) is 11.9 Å². The number of halogens is 1. The van der Waals surface area contributed by atoms with Crippen LogP contribution in [0.3, 0.4) is 0 Å². The Morgan fingerprint density at radius 3 is 2.94 bits per heavy atom. The fraction of sp³-hybridized carbons (Fsp3) is 0.417. The first-order valence-corrected chi connectivity index (χ1v) is 7.10. The van der Waals surface area contributed by atoms with Crippen molar-refractivity contribution in [3.05, 3.63) is 23.2 Å². The Kier molecular flexibility index (Phi) is 3.13. The van der Waals surface area contributed by atoms with Crippen LogP contribution in [0.1, 0.15) is 19.3 Å². The van der Waals surface area contributed by atoms with E-state index in [-0.39, 0.29) is 12.1 Å². The van der Waals surface area contributed by atoms with Gasteiger partial charge in [-0.2, -0.15) is 0 Å². The monoisotopic (exact) mass is 283 g/mol. The lowest BCUT2D eigenvalue weighted by Crippen LogP contribution is -2.43. The van der Waals surface area contributed by atoms with Gasteiger partial charge in [-0.05, 0) is 49.4 Å². The maximum Gasteiger partial charge on any atom is 0.206 e. The molecule has 0 bridgehead atoms. The second kappa shape index (κ2) is 4.64. The molecule has 4 nitrogen and oxygen atoms in total. The summed E-state index contributed by atoms with van der Waals surface area (Å²) in [5, 5.41) is 13.4. The van der Waals surface area contributed by atoms with E-state index in [1.807, 2.05) is 18.2 Å². The normalized spacial score (nSPS) is 22.7. The van der Waals surface area contributed by atoms with Gasteiger partial charge >= 0.3 is 0 Å². The third kappa shape index (κ3) is 2.18. The summed E-state index contributed by atoms with van der Waals surface area (Å²) in [6.07, 6.45) is 3.04. The van der Waals surface area contributed by atoms with Gasteiger partial charge in [0.15, 0.2) is 0 Å². The molecule has 1 aliphatic heterocycles. The summed E-state index contributed by atoms with van der Waals surface area (Å²) in [6.45, 7) is 0.109. The standard InChI is InChI=1S/C12H14ClN3OS/c13-8-2-3-9-10(6-8)18-16-11(14-9)15-12(7-17)4-1-5-12/h2-3,6,17H,1,4-5,7H2,(H2,14,15,16). The first-order valence-electron chi connectivity index (χ1n) is 5.91. The smallest absolute Gasteiger partial charge is 0.206 e. The molecular weight excluding hydrogens is 270 g/mol. The Balaban J connectivity index is 1.82. The highest BCUT2D eigenvalue weighted by molar-refractivity contribution is 7.98. The maximum atomic E-state index is 9.41. The second-order valence-corrected chi connectivity index (χ2v) is 5.95. The molecule has 1 heterocycles. The van der Waals surface area contributed by atoms with Gasteiger partial charge < -0.3 is 10.4 Å². The molecule has 96 valence electrons. The summed E-state index contributed by atoms with van der Waals surface area (Å²) in [5.74, 6) is 0.712. The molecule has 1 aliphatic carbocycles. The van der Waals surface area contributed by atoms with Crippen LogP contribution in [0.25, 0.3) is 0 Å². The van der Waals surface area contributed by atoms with Gasteiger partial charge in [-0.3, -0.25) is 4.72 Å². The van der Waals surface area contributed by atoms with Crippen LogP contribution in [0.4, 0.5) is 5.69 Å². The predicted molar refractivity (Wildman–Crippen MR) is 75.2 cm³/mol. The van der Waals surface area contributed by atoms with Gasteiger partial charge in [-0.15, -0.1) is 0 Å². The minimum atomic E-state index is -0.278. The van der Waals surface area contributed by atoms with E-state index >= 15 is 0 Å². The molecular formula is C12H14ClN3OS. The Bertz CT molecular complexity index is 497. The first kappa shape index (κ1) is 12.1. The second-order valence-electron chi connectivity index (χ2n) is 4.67. The number of hydrogen-bond acceptors (Lipinski definition) is 3. The number of hydrogen-bond donors (Lipinski definition) is 3. The molecule has 18 heavy (non-hydrogen) atoms. The third-order valence-corrected chi connectivity index (χ3v) is 4.47. The van der Waals surface area contributed by atoms with Crippen molar-refractivity contribution in [3.63, 3.8) is 0 Å². The molecule has 0 saturated heterocycles. The minimum absolute atomic E-state index is 0.109. The summed E-state index contributed by atoms with van der Waals surface area (Å²) < 4.78 is 3.15. The number of benzene rings is 1. The summed E-state index contributed by atoms with van der Waals surface area (Å²) in [7, 11) is 0. The fourth-order valence-corrected chi connectivity index (χ4v) is 3.07. The molecule has 1 fully saturated rings. The van der Waals surface area contributed by atoms with Crippen LogP contribution in [0, 0.1) is 0 Å². The van der Waals surface area contributed by atoms with Crippen molar-refractivity contribution in [2.45, 2.75) is 29.7 Å². The van der Waals surface area contributed by atoms with E-state index in [0.717, 1.165) is 34.9 Å². The quantitative estimate of drug-likeness (QED) is 0.731. The van der Waals surface area contributed by atoms with Gasteiger partial charge in [0, 0.05) is 5.02 Å². The summed E-state index contributed by atoms with van der Waals surface area (Å²) >= 11 is 7.43. The number of fused-ring (bicyclic) bond motifs is 1. The Morgan fingerprint density at radius 2 is 2.28 bits per heavy atom. The number of aliphatic hydroxyl groups excluding tert-OH is 1. The van der Waals surface area contributed by atoms with E-state index < -0.39 is 0 Å². The Labute approximate surface area is 115 Å². The lowest BCUT2D eigenvalue weighted by molar-refractivity contribution is 0.128. The highest BCUT2D eigenvalue weighted by Crippen LogP contribution is 2.37. The number of nitrogens with one attached hydrogen (secondary N) is 2. The van der Waals surface area contributed by atoms with Crippen molar-refractivity contribution >= 4 is 35.2 Å². The van der Waals surface area contributed by atoms with Gasteiger partial charge in [0.25, 0.3) is 0 Å². The average Bonchev–Trinajstić information content (AvgIpc) is 2.34. The molecule has 3 N–H and O–H groups in total. The van der Waals surface area contributed by atoms with Crippen molar-refractivity contribution in [2.24, 2.45) is 4.99 Å². The topological polar surface area (TPSA) is 56.7 Å². The van der Waals surface area contributed by atoms with E-state index in [1.54, 1.807) is 0 Å². The number of aliphatic imine (C=N–C) groups is 1. The maximum absolute atomic E-state index is 9.41. The van der Waals surface area contributed by atoms with Gasteiger partial charge in [0.1, 0.15) is 0 Å². The molecule has 0 spiro atoms. The van der Waals surface area contributed by atoms with Crippen molar-refractivity contribution in [1.82, 2.24) is 4.72 Å². The lowest BCUT2D eigenvalue weighted by atomic mass is 9.78. The first-order chi connectivity index (χ1) is 8.71. The lowest BCUT2D eigenvalue weighted by Gasteiger charge is -2.37. The SMILES string of the molecule is OCC1(N=C2NSc3cc(Cl)ccc3N2)CCC1. The van der Waals surface area contributed by atoms with Crippen LogP contribution in [-0.4, -0.2) is 23.2 Å². The molecule has 2 aliphatic rings. The Morgan fingerprint density at radius 1 is 1.44 bits per heavy atom. The van der Waals surface area contributed by atoms with Crippen LogP contribution in [0.2, 0.25) is 5.02 Å². The third-order valence-electron chi connectivity index (χ3n) is 3.38. The zero-order chi connectivity index (χ0) is 12.6. The van der Waals surface area contributed by atoms with E-state index in [0.29, 0.717) is 5.96 Å². The number of aliphatic hydroxyl groups is 1. The zero-order valence-corrected chi connectivity index (χ0v) is 11.3. The Hall–Kier alpha value is -0.910. The van der Waals surface area contributed by atoms with Crippen LogP contribution >= 0.6 is 23.5 Å². The van der Waals surface area contributed by atoms with Crippen molar-refractivity contribution in [3.8, 4) is 0 Å². The minimum Gasteiger partial charge on any atom is -0.394 e. The zero-order valence-electron chi connectivity index (χ0n) is 9.74. The van der Waals surface area contributed by atoms with Crippen LogP contribution in [0.15, 0.2) is 28.1 Å². The van der Waals surface area contributed by atoms with Crippen LogP contribution in [0.5, 0.6) is 0 Å². The molecule has 0 unspecified atom stereocenters. The molecule has 3 rings (SSSR count). The molecule has 1 aromatic carbocycles. The predicted octanol–water partition coefficient (Wildman–Crippen LogP) is 2.63. The van der Waals surface area contributed by atoms with Crippen LogP contribution < -0.4 is 10.0 Å². The van der Waals surface area contributed by atoms with Crippen molar-refractivity contribution in [1.29, 1.82) is 0 Å². The number of guanidine groups is 1. The number of nitrogens with zero attached hydrogens (tertiary/aromatic N) is 1. The molecule has 0 atom stereocenters. The van der Waals surface area contributed by atoms with Crippen LogP contribution in [-0.2, 0) is 0 Å². The van der Waals surface area contributed by atoms with E-state index in [2.05, 4.69) is 15.0 Å². The average molecular weight is 284 g/mol. The highest BCUT2D eigenvalue weighted by Gasteiger charge is 2.37. The highest BCUT2D eigenvalue weighted by atomic mass is 35.5. The van der Waals surface area contributed by atoms with E-state index in [4.69, 9.17) is 11.6 Å². The van der Waals surface area contributed by atoms with Gasteiger partial charge in [-0.1, -0.05) is 11.6 Å². The molecule has 1 aromatic rings. The fourth-order valence-electron chi connectivity index (χ4n) is 2.12. The largest absolute Gasteiger partial charge is 0.394 e. The number of rotatable bonds is 2. The molecule has 1 saturated carbocycles. The number of anilines is 1. The summed E-state index contributed by atoms with van der Waals surface area (Å²) in [6, 6.07) is 5.69. The molecule has 0 radical (unpaired) electrons. The molecule has 6 heteroatoms. The van der Waals surface area contributed by atoms with Gasteiger partial charge in [0.2, 0.25) is 5.96 Å². The van der Waals surface area contributed by atoms with Crippen molar-refractivity contribution < 1.29 is 5.11 Å². The van der Waals surface area contributed by atoms with E-state index in [1.165, 1.54) is 11.9 Å².